The van der Waals surface area contributed by atoms with E-state index >= 15 is 0 Å². The SMILES string of the molecule is Cc1nn(Cc2ccccc2)c(C)c1C(=O)N(C)CCN(C)c1ccccc1. The Morgan fingerprint density at radius 1 is 0.929 bits per heavy atom. The number of anilines is 1. The molecule has 0 aliphatic heterocycles. The van der Waals surface area contributed by atoms with Crippen molar-refractivity contribution in [2.75, 3.05) is 32.1 Å². The molecule has 0 bridgehead atoms. The number of amides is 1. The second kappa shape index (κ2) is 8.74. The average molecular weight is 377 g/mol. The van der Waals surface area contributed by atoms with Crippen LogP contribution in [0.2, 0.25) is 0 Å². The van der Waals surface area contributed by atoms with E-state index in [-0.39, 0.29) is 5.91 Å². The predicted molar refractivity (Wildman–Crippen MR) is 114 cm³/mol. The highest BCUT2D eigenvalue weighted by Crippen LogP contribution is 2.17. The van der Waals surface area contributed by atoms with Gasteiger partial charge in [0.05, 0.1) is 17.8 Å². The van der Waals surface area contributed by atoms with Gasteiger partial charge in [-0.3, -0.25) is 9.48 Å². The Morgan fingerprint density at radius 3 is 2.18 bits per heavy atom. The Hall–Kier alpha value is -3.08. The lowest BCUT2D eigenvalue weighted by atomic mass is 10.1. The molecule has 0 spiro atoms. The number of likely N-dealkylation sites (N-methyl/N-ethyl adjacent to an activating group) is 2. The van der Waals surface area contributed by atoms with Crippen LogP contribution in [0.4, 0.5) is 5.69 Å². The van der Waals surface area contributed by atoms with Crippen LogP contribution in [0.25, 0.3) is 0 Å². The lowest BCUT2D eigenvalue weighted by molar-refractivity contribution is 0.0797. The standard InChI is InChI=1S/C23H28N4O/c1-18-22(19(2)27(24-18)17-20-11-7-5-8-12-20)23(28)26(4)16-15-25(3)21-13-9-6-10-14-21/h5-14H,15-17H2,1-4H3. The molecule has 0 aliphatic rings. The minimum absolute atomic E-state index is 0.0239. The number of para-hydroxylation sites is 1. The minimum atomic E-state index is 0.0239. The van der Waals surface area contributed by atoms with Crippen molar-refractivity contribution in [1.82, 2.24) is 14.7 Å². The number of nitrogens with zero attached hydrogens (tertiary/aromatic N) is 4. The molecule has 0 fully saturated rings. The molecule has 0 N–H and O–H groups in total. The van der Waals surface area contributed by atoms with Crippen LogP contribution in [0.1, 0.15) is 27.3 Å². The van der Waals surface area contributed by atoms with Crippen LogP contribution in [0.3, 0.4) is 0 Å². The van der Waals surface area contributed by atoms with Gasteiger partial charge in [0, 0.05) is 38.6 Å². The van der Waals surface area contributed by atoms with E-state index in [0.29, 0.717) is 18.7 Å². The van der Waals surface area contributed by atoms with E-state index in [1.807, 2.05) is 69.0 Å². The third-order valence-corrected chi connectivity index (χ3v) is 5.09. The van der Waals surface area contributed by atoms with E-state index < -0.39 is 0 Å². The number of carbonyl (C=O) groups is 1. The number of aromatic nitrogens is 2. The largest absolute Gasteiger partial charge is 0.373 e. The van der Waals surface area contributed by atoms with Gasteiger partial charge in [-0.05, 0) is 31.5 Å². The van der Waals surface area contributed by atoms with Crippen molar-refractivity contribution >= 4 is 11.6 Å². The summed E-state index contributed by atoms with van der Waals surface area (Å²) in [5.74, 6) is 0.0239. The summed E-state index contributed by atoms with van der Waals surface area (Å²) in [4.78, 5) is 17.0. The highest BCUT2D eigenvalue weighted by atomic mass is 16.2. The summed E-state index contributed by atoms with van der Waals surface area (Å²) in [5, 5.41) is 4.61. The smallest absolute Gasteiger partial charge is 0.257 e. The number of hydrogen-bond acceptors (Lipinski definition) is 3. The summed E-state index contributed by atoms with van der Waals surface area (Å²) in [6.45, 7) is 5.96. The summed E-state index contributed by atoms with van der Waals surface area (Å²) in [7, 11) is 3.90. The molecule has 1 heterocycles. The van der Waals surface area contributed by atoms with E-state index in [1.165, 1.54) is 5.56 Å². The Kier molecular flexibility index (Phi) is 6.14. The molecular weight excluding hydrogens is 348 g/mol. The molecule has 0 saturated carbocycles. The minimum Gasteiger partial charge on any atom is -0.373 e. The lowest BCUT2D eigenvalue weighted by Gasteiger charge is -2.24. The lowest BCUT2D eigenvalue weighted by Crippen LogP contribution is -2.35. The monoisotopic (exact) mass is 376 g/mol. The molecule has 3 rings (SSSR count). The molecule has 146 valence electrons. The number of hydrogen-bond donors (Lipinski definition) is 0. The molecule has 0 unspecified atom stereocenters. The first-order valence-electron chi connectivity index (χ1n) is 9.57. The molecule has 5 nitrogen and oxygen atoms in total. The zero-order valence-corrected chi connectivity index (χ0v) is 17.1. The van der Waals surface area contributed by atoms with E-state index in [0.717, 1.165) is 23.6 Å². The Bertz CT molecular complexity index is 919. The zero-order chi connectivity index (χ0) is 20.1. The van der Waals surface area contributed by atoms with E-state index in [1.54, 1.807) is 4.90 Å². The maximum absolute atomic E-state index is 13.1. The fraction of sp³-hybridized carbons (Fsp3) is 0.304. The molecule has 1 aromatic heterocycles. The van der Waals surface area contributed by atoms with Crippen molar-refractivity contribution in [2.45, 2.75) is 20.4 Å². The first-order chi connectivity index (χ1) is 13.5. The third kappa shape index (κ3) is 4.42. The van der Waals surface area contributed by atoms with Crippen molar-refractivity contribution < 1.29 is 4.79 Å². The second-order valence-corrected chi connectivity index (χ2v) is 7.17. The fourth-order valence-corrected chi connectivity index (χ4v) is 3.32. The fourth-order valence-electron chi connectivity index (χ4n) is 3.32. The van der Waals surface area contributed by atoms with Crippen LogP contribution in [-0.2, 0) is 6.54 Å². The maximum Gasteiger partial charge on any atom is 0.257 e. The first-order valence-corrected chi connectivity index (χ1v) is 9.57. The van der Waals surface area contributed by atoms with Crippen LogP contribution < -0.4 is 4.90 Å². The van der Waals surface area contributed by atoms with Crippen LogP contribution in [-0.4, -0.2) is 47.8 Å². The summed E-state index contributed by atoms with van der Waals surface area (Å²) in [6, 6.07) is 20.4. The normalized spacial score (nSPS) is 10.7. The first kappa shape index (κ1) is 19.7. The zero-order valence-electron chi connectivity index (χ0n) is 17.1. The molecule has 1 amide bonds. The summed E-state index contributed by atoms with van der Waals surface area (Å²) in [6.07, 6.45) is 0. The summed E-state index contributed by atoms with van der Waals surface area (Å²) >= 11 is 0. The Balaban J connectivity index is 1.68. The molecule has 3 aromatic rings. The Labute approximate surface area is 167 Å². The van der Waals surface area contributed by atoms with Gasteiger partial charge < -0.3 is 9.80 Å². The van der Waals surface area contributed by atoms with Crippen molar-refractivity contribution in [1.29, 1.82) is 0 Å². The molecule has 5 heteroatoms. The van der Waals surface area contributed by atoms with Crippen LogP contribution in [0.15, 0.2) is 60.7 Å². The third-order valence-electron chi connectivity index (χ3n) is 5.09. The van der Waals surface area contributed by atoms with E-state index in [2.05, 4.69) is 34.3 Å². The summed E-state index contributed by atoms with van der Waals surface area (Å²) in [5.41, 5.74) is 4.72. The van der Waals surface area contributed by atoms with Gasteiger partial charge in [-0.1, -0.05) is 48.5 Å². The van der Waals surface area contributed by atoms with Gasteiger partial charge in [-0.15, -0.1) is 0 Å². The van der Waals surface area contributed by atoms with Crippen molar-refractivity contribution in [3.63, 3.8) is 0 Å². The Morgan fingerprint density at radius 2 is 1.54 bits per heavy atom. The van der Waals surface area contributed by atoms with Gasteiger partial charge in [0.15, 0.2) is 0 Å². The molecule has 0 aliphatic carbocycles. The van der Waals surface area contributed by atoms with Crippen molar-refractivity contribution in [2.24, 2.45) is 0 Å². The molecule has 2 aromatic carbocycles. The van der Waals surface area contributed by atoms with Gasteiger partial charge in [0.1, 0.15) is 0 Å². The van der Waals surface area contributed by atoms with Gasteiger partial charge in [0.2, 0.25) is 0 Å². The number of benzene rings is 2. The van der Waals surface area contributed by atoms with Gasteiger partial charge >= 0.3 is 0 Å². The van der Waals surface area contributed by atoms with Crippen LogP contribution >= 0.6 is 0 Å². The van der Waals surface area contributed by atoms with E-state index in [4.69, 9.17) is 0 Å². The quantitative estimate of drug-likeness (QED) is 0.630. The molecule has 0 saturated heterocycles. The van der Waals surface area contributed by atoms with Crippen molar-refractivity contribution in [3.8, 4) is 0 Å². The maximum atomic E-state index is 13.1. The van der Waals surface area contributed by atoms with Gasteiger partial charge in [0.25, 0.3) is 5.91 Å². The molecule has 28 heavy (non-hydrogen) atoms. The average Bonchev–Trinajstić information content (AvgIpc) is 2.99. The van der Waals surface area contributed by atoms with Gasteiger partial charge in [-0.2, -0.15) is 5.10 Å². The topological polar surface area (TPSA) is 41.4 Å². The van der Waals surface area contributed by atoms with Crippen LogP contribution in [0, 0.1) is 13.8 Å². The number of carbonyl (C=O) groups excluding carboxylic acids is 1. The molecule has 0 radical (unpaired) electrons. The van der Waals surface area contributed by atoms with Gasteiger partial charge in [-0.25, -0.2) is 0 Å². The summed E-state index contributed by atoms with van der Waals surface area (Å²) < 4.78 is 1.92. The number of aryl methyl sites for hydroxylation is 1. The predicted octanol–water partition coefficient (Wildman–Crippen LogP) is 3.76. The van der Waals surface area contributed by atoms with Crippen LogP contribution in [0.5, 0.6) is 0 Å². The highest BCUT2D eigenvalue weighted by molar-refractivity contribution is 5.96. The number of rotatable bonds is 7. The van der Waals surface area contributed by atoms with Crippen molar-refractivity contribution in [3.05, 3.63) is 83.2 Å². The second-order valence-electron chi connectivity index (χ2n) is 7.17. The highest BCUT2D eigenvalue weighted by Gasteiger charge is 2.22. The molecular formula is C23H28N4O. The molecule has 0 atom stereocenters. The van der Waals surface area contributed by atoms with E-state index in [9.17, 15) is 4.79 Å².